The van der Waals surface area contributed by atoms with Crippen LogP contribution in [0.5, 0.6) is 5.75 Å². The normalized spacial score (nSPS) is 11.3. The van der Waals surface area contributed by atoms with E-state index in [1.165, 1.54) is 197 Å². The van der Waals surface area contributed by atoms with Crippen LogP contribution in [0.15, 0.2) is 36.4 Å². The van der Waals surface area contributed by atoms with Crippen molar-refractivity contribution in [2.45, 2.75) is 213 Å². The standard InChI is InChI=1S/C52H82Cl2N2O7S2/c1-3-5-7-9-11-13-15-17-19-21-23-25-27-29-37-64-41-45(42-65-38-30-28-26-24-22-20-18-16-14-12-10-8-6-4-2)62-50(57)35-36-51(58)63-49-34-31-43(53)39-46(49)52(59)55-48-33-32-44(56(60)61)40-47(48)54/h31-34,39-40,45H,3-30,35-38,41-42H2,1-2H3,(H,55,59). The molecule has 0 aliphatic heterocycles. The van der Waals surface area contributed by atoms with Crippen molar-refractivity contribution in [1.82, 2.24) is 0 Å². The molecular formula is C52H82Cl2N2O7S2. The zero-order valence-electron chi connectivity index (χ0n) is 40.0. The summed E-state index contributed by atoms with van der Waals surface area (Å²) >= 11 is 16.0. The lowest BCUT2D eigenvalue weighted by Crippen LogP contribution is -2.24. The molecule has 65 heavy (non-hydrogen) atoms. The molecule has 0 saturated carbocycles. The Balaban J connectivity index is 1.76. The SMILES string of the molecule is CCCCCCCCCCCCCCCCSCC(CSCCCCCCCCCCCCCCCC)OC(=O)CCC(=O)Oc1ccc(Cl)cc1C(=O)Nc1ccc([N+](=O)[O-])cc1Cl. The molecule has 0 unspecified atom stereocenters. The lowest BCUT2D eigenvalue weighted by atomic mass is 10.0. The number of nitrogens with zero attached hydrogens (tertiary/aromatic N) is 1. The van der Waals surface area contributed by atoms with Gasteiger partial charge in [0.2, 0.25) is 0 Å². The lowest BCUT2D eigenvalue weighted by molar-refractivity contribution is -0.384. The van der Waals surface area contributed by atoms with E-state index in [4.69, 9.17) is 32.7 Å². The highest BCUT2D eigenvalue weighted by molar-refractivity contribution is 8.00. The predicted octanol–water partition coefficient (Wildman–Crippen LogP) is 17.2. The molecule has 0 spiro atoms. The number of amides is 1. The van der Waals surface area contributed by atoms with Gasteiger partial charge in [0.1, 0.15) is 11.9 Å². The van der Waals surface area contributed by atoms with Crippen molar-refractivity contribution in [1.29, 1.82) is 0 Å². The summed E-state index contributed by atoms with van der Waals surface area (Å²) in [6.07, 6.45) is 36.7. The van der Waals surface area contributed by atoms with Crippen molar-refractivity contribution in [3.05, 3.63) is 62.1 Å². The van der Waals surface area contributed by atoms with Gasteiger partial charge in [0.15, 0.2) is 0 Å². The molecule has 0 saturated heterocycles. The maximum atomic E-state index is 13.2. The molecule has 0 aromatic heterocycles. The minimum atomic E-state index is -0.706. The fraction of sp³-hybridized carbons (Fsp3) is 0.712. The van der Waals surface area contributed by atoms with E-state index in [2.05, 4.69) is 19.2 Å². The molecule has 0 atom stereocenters. The number of halogens is 2. The molecule has 1 amide bonds. The molecule has 368 valence electrons. The number of carbonyl (C=O) groups is 3. The van der Waals surface area contributed by atoms with Gasteiger partial charge in [-0.1, -0.05) is 204 Å². The van der Waals surface area contributed by atoms with Crippen LogP contribution < -0.4 is 10.1 Å². The molecule has 13 heteroatoms. The second-order valence-corrected chi connectivity index (χ2v) is 20.6. The number of ether oxygens (including phenoxy) is 2. The second kappa shape index (κ2) is 39.5. The Morgan fingerprint density at radius 2 is 1.03 bits per heavy atom. The molecule has 0 heterocycles. The van der Waals surface area contributed by atoms with E-state index >= 15 is 0 Å². The van der Waals surface area contributed by atoms with E-state index in [1.54, 1.807) is 0 Å². The number of nitro groups is 1. The fourth-order valence-corrected chi connectivity index (χ4v) is 10.2. The number of hydrogen-bond acceptors (Lipinski definition) is 9. The number of nitro benzene ring substituents is 1. The van der Waals surface area contributed by atoms with Gasteiger partial charge in [-0.15, -0.1) is 0 Å². The molecule has 0 aliphatic carbocycles. The second-order valence-electron chi connectivity index (χ2n) is 17.4. The summed E-state index contributed by atoms with van der Waals surface area (Å²) in [5, 5.41) is 13.9. The van der Waals surface area contributed by atoms with Gasteiger partial charge in [-0.05, 0) is 48.6 Å². The molecule has 0 aliphatic rings. The van der Waals surface area contributed by atoms with Crippen molar-refractivity contribution in [2.75, 3.05) is 28.3 Å². The van der Waals surface area contributed by atoms with Crippen LogP contribution in [-0.4, -0.2) is 51.9 Å². The molecule has 2 aromatic carbocycles. The van der Waals surface area contributed by atoms with E-state index in [-0.39, 0.29) is 51.7 Å². The van der Waals surface area contributed by atoms with Crippen LogP contribution in [0.1, 0.15) is 217 Å². The van der Waals surface area contributed by atoms with Gasteiger partial charge >= 0.3 is 11.9 Å². The Morgan fingerprint density at radius 1 is 0.600 bits per heavy atom. The van der Waals surface area contributed by atoms with Gasteiger partial charge in [-0.2, -0.15) is 23.5 Å². The Labute approximate surface area is 411 Å². The molecule has 0 fully saturated rings. The van der Waals surface area contributed by atoms with Crippen LogP contribution in [0.3, 0.4) is 0 Å². The maximum absolute atomic E-state index is 13.2. The third kappa shape index (κ3) is 30.5. The number of esters is 2. The van der Waals surface area contributed by atoms with Gasteiger partial charge in [0.25, 0.3) is 11.6 Å². The van der Waals surface area contributed by atoms with Gasteiger partial charge in [0, 0.05) is 28.7 Å². The number of benzene rings is 2. The number of non-ortho nitro benzene ring substituents is 1. The van der Waals surface area contributed by atoms with Gasteiger partial charge in [-0.3, -0.25) is 24.5 Å². The zero-order valence-corrected chi connectivity index (χ0v) is 43.1. The topological polar surface area (TPSA) is 125 Å². The summed E-state index contributed by atoms with van der Waals surface area (Å²) in [6, 6.07) is 7.86. The highest BCUT2D eigenvalue weighted by Crippen LogP contribution is 2.30. The van der Waals surface area contributed by atoms with Crippen LogP contribution in [0.2, 0.25) is 10.0 Å². The average Bonchev–Trinajstić information content (AvgIpc) is 3.29. The number of hydrogen-bond donors (Lipinski definition) is 1. The van der Waals surface area contributed by atoms with E-state index in [9.17, 15) is 24.5 Å². The number of carbonyl (C=O) groups excluding carboxylic acids is 3. The highest BCUT2D eigenvalue weighted by atomic mass is 35.5. The first-order chi connectivity index (χ1) is 31.6. The summed E-state index contributed by atoms with van der Waals surface area (Å²) in [7, 11) is 0. The minimum Gasteiger partial charge on any atom is -0.461 e. The molecule has 0 radical (unpaired) electrons. The maximum Gasteiger partial charge on any atom is 0.311 e. The number of rotatable bonds is 42. The Kier molecular flexibility index (Phi) is 35.7. The quantitative estimate of drug-likeness (QED) is 0.0228. The summed E-state index contributed by atoms with van der Waals surface area (Å²) < 4.78 is 11.5. The first-order valence-corrected chi connectivity index (χ1v) is 28.3. The predicted molar refractivity (Wildman–Crippen MR) is 278 cm³/mol. The summed E-state index contributed by atoms with van der Waals surface area (Å²) in [5.74, 6) is 1.62. The Hall–Kier alpha value is -2.47. The number of anilines is 1. The van der Waals surface area contributed by atoms with E-state index in [0.717, 1.165) is 41.9 Å². The lowest BCUT2D eigenvalue weighted by Gasteiger charge is -2.18. The number of unbranched alkanes of at least 4 members (excludes halogenated alkanes) is 26. The van der Waals surface area contributed by atoms with E-state index < -0.39 is 22.8 Å². The minimum absolute atomic E-state index is 0.0358. The Morgan fingerprint density at radius 3 is 1.46 bits per heavy atom. The highest BCUT2D eigenvalue weighted by Gasteiger charge is 2.21. The molecule has 0 bridgehead atoms. The van der Waals surface area contributed by atoms with Crippen LogP contribution >= 0.6 is 46.7 Å². The molecular weight excluding hydrogens is 900 g/mol. The zero-order chi connectivity index (χ0) is 47.2. The molecule has 2 rings (SSSR count). The van der Waals surface area contributed by atoms with Crippen molar-refractivity contribution in [2.24, 2.45) is 0 Å². The van der Waals surface area contributed by atoms with Gasteiger partial charge in [-0.25, -0.2) is 0 Å². The first-order valence-electron chi connectivity index (χ1n) is 25.2. The summed E-state index contributed by atoms with van der Waals surface area (Å²) in [4.78, 5) is 49.8. The monoisotopic (exact) mass is 980 g/mol. The van der Waals surface area contributed by atoms with Crippen molar-refractivity contribution in [3.63, 3.8) is 0 Å². The van der Waals surface area contributed by atoms with Crippen molar-refractivity contribution < 1.29 is 28.8 Å². The van der Waals surface area contributed by atoms with Crippen LogP contribution in [0.4, 0.5) is 11.4 Å². The first kappa shape index (κ1) is 58.7. The van der Waals surface area contributed by atoms with Crippen molar-refractivity contribution in [3.8, 4) is 5.75 Å². The third-order valence-corrected chi connectivity index (χ3v) is 14.5. The van der Waals surface area contributed by atoms with Crippen molar-refractivity contribution >= 4 is 75.9 Å². The van der Waals surface area contributed by atoms with Crippen LogP contribution in [-0.2, 0) is 14.3 Å². The van der Waals surface area contributed by atoms with Crippen LogP contribution in [0, 0.1) is 10.1 Å². The fourth-order valence-electron chi connectivity index (χ4n) is 7.64. The number of nitrogens with one attached hydrogen (secondary N) is 1. The van der Waals surface area contributed by atoms with E-state index in [0.29, 0.717) is 0 Å². The Bertz CT molecular complexity index is 1560. The molecule has 9 nitrogen and oxygen atoms in total. The molecule has 1 N–H and O–H groups in total. The smallest absolute Gasteiger partial charge is 0.311 e. The van der Waals surface area contributed by atoms with Crippen LogP contribution in [0.25, 0.3) is 0 Å². The third-order valence-electron chi connectivity index (χ3n) is 11.5. The average molecular weight is 982 g/mol. The van der Waals surface area contributed by atoms with Gasteiger partial charge < -0.3 is 14.8 Å². The van der Waals surface area contributed by atoms with E-state index in [1.807, 2.05) is 23.5 Å². The largest absolute Gasteiger partial charge is 0.461 e. The number of thioether (sulfide) groups is 2. The van der Waals surface area contributed by atoms with Gasteiger partial charge in [0.05, 0.1) is 34.0 Å². The summed E-state index contributed by atoms with van der Waals surface area (Å²) in [5.41, 5.74) is -0.143. The molecule has 2 aromatic rings. The summed E-state index contributed by atoms with van der Waals surface area (Å²) in [6.45, 7) is 4.54.